The van der Waals surface area contributed by atoms with Crippen LogP contribution in [0.1, 0.15) is 5.56 Å². The van der Waals surface area contributed by atoms with Crippen LogP contribution in [0.25, 0.3) is 33.4 Å². The highest BCUT2D eigenvalue weighted by Crippen LogP contribution is 2.44. The molecule has 0 amide bonds. The molecule has 230 valence electrons. The van der Waals surface area contributed by atoms with E-state index < -0.39 is 7.14 Å². The molecule has 3 nitrogen and oxygen atoms in total. The number of fused-ring (bicyclic) bond motifs is 6. The summed E-state index contributed by atoms with van der Waals surface area (Å²) in [5, 5.41) is 2.49. The molecule has 0 aromatic heterocycles. The van der Waals surface area contributed by atoms with Crippen LogP contribution in [0.4, 0.5) is 5.69 Å². The lowest BCUT2D eigenvalue weighted by Gasteiger charge is -2.34. The molecule has 6 aromatic rings. The van der Waals surface area contributed by atoms with Crippen molar-refractivity contribution >= 4 is 34.6 Å². The second-order valence-electron chi connectivity index (χ2n) is 12.0. The van der Waals surface area contributed by atoms with Gasteiger partial charge in [0.2, 0.25) is 0 Å². The molecule has 4 heteroatoms. The van der Waals surface area contributed by atoms with Crippen molar-refractivity contribution in [2.24, 2.45) is 4.99 Å². The Labute approximate surface area is 282 Å². The molecule has 2 heterocycles. The number of hydrogen-bond donors (Lipinski definition) is 0. The van der Waals surface area contributed by atoms with Crippen LogP contribution >= 0.6 is 7.14 Å². The maximum Gasteiger partial charge on any atom is 0.171 e. The van der Waals surface area contributed by atoms with Gasteiger partial charge in [-0.25, -0.2) is 0 Å². The predicted octanol–water partition coefficient (Wildman–Crippen LogP) is 9.53. The van der Waals surface area contributed by atoms with Gasteiger partial charge in [-0.15, -0.1) is 0 Å². The first-order valence-corrected chi connectivity index (χ1v) is 17.9. The summed E-state index contributed by atoms with van der Waals surface area (Å²) in [7, 11) is -3.03. The third-order valence-electron chi connectivity index (χ3n) is 9.08. The van der Waals surface area contributed by atoms with Crippen molar-refractivity contribution < 1.29 is 4.57 Å². The highest BCUT2D eigenvalue weighted by molar-refractivity contribution is 7.85. The van der Waals surface area contributed by atoms with Crippen molar-refractivity contribution in [2.75, 3.05) is 11.4 Å². The molecule has 0 aliphatic carbocycles. The van der Waals surface area contributed by atoms with E-state index in [9.17, 15) is 4.57 Å². The van der Waals surface area contributed by atoms with Crippen LogP contribution in [0, 0.1) is 0 Å². The van der Waals surface area contributed by atoms with E-state index in [4.69, 9.17) is 4.99 Å². The van der Waals surface area contributed by atoms with Gasteiger partial charge in [0.15, 0.2) is 7.14 Å². The summed E-state index contributed by atoms with van der Waals surface area (Å²) in [6, 6.07) is 51.7. The lowest BCUT2D eigenvalue weighted by molar-refractivity contribution is 0.592. The largest absolute Gasteiger partial charge is 0.309 e. The smallest absolute Gasteiger partial charge is 0.171 e. The summed E-state index contributed by atoms with van der Waals surface area (Å²) in [5.41, 5.74) is 9.81. The molecule has 0 radical (unpaired) electrons. The number of allylic oxidation sites excluding steroid dienone is 3. The molecular formula is C44H33N2OP. The maximum atomic E-state index is 14.8. The first-order chi connectivity index (χ1) is 23.6. The number of para-hydroxylation sites is 1. The topological polar surface area (TPSA) is 32.7 Å². The number of hydrogen-bond acceptors (Lipinski definition) is 3. The number of rotatable bonds is 5. The van der Waals surface area contributed by atoms with Gasteiger partial charge in [-0.2, -0.15) is 0 Å². The van der Waals surface area contributed by atoms with Gasteiger partial charge in [-0.05, 0) is 52.1 Å². The SMILES string of the molecule is C=C1/C=C\C=C/C/N=C2/c3ccc(-c4cccc(-c5ccc(P(=O)(c6ccccc6)c6ccccc6)cc5)c4)cc3-c3ccccc3N12. The Balaban J connectivity index is 1.17. The monoisotopic (exact) mass is 636 g/mol. The minimum atomic E-state index is -3.03. The molecule has 0 saturated heterocycles. The average molecular weight is 637 g/mol. The standard InChI is InChI=1S/C44H33N2OP/c1-32-14-5-4-12-29-45-44-41-28-25-36(31-42(41)40-21-10-11-22-43(40)46(32)44)35-16-13-15-34(30-35)33-23-26-39(27-24-33)48(47,37-17-6-2-7-18-37)38-19-8-3-9-20-38/h2-28,30-31H,1,29H2/b12-4-,14-5-,45-44-. The first-order valence-electron chi connectivity index (χ1n) is 16.1. The lowest BCUT2D eigenvalue weighted by Crippen LogP contribution is -2.34. The van der Waals surface area contributed by atoms with Crippen LogP contribution in [0.5, 0.6) is 0 Å². The zero-order valence-electron chi connectivity index (χ0n) is 26.4. The molecule has 0 N–H and O–H groups in total. The van der Waals surface area contributed by atoms with Crippen molar-refractivity contribution in [1.29, 1.82) is 0 Å². The molecule has 8 rings (SSSR count). The fraction of sp³-hybridized carbons (Fsp3) is 0.0227. The third-order valence-corrected chi connectivity index (χ3v) is 12.2. The van der Waals surface area contributed by atoms with Gasteiger partial charge < -0.3 is 4.57 Å². The van der Waals surface area contributed by atoms with E-state index in [0.29, 0.717) is 6.54 Å². The van der Waals surface area contributed by atoms with E-state index in [1.165, 1.54) is 0 Å². The normalized spacial score (nSPS) is 16.2. The summed E-state index contributed by atoms with van der Waals surface area (Å²) >= 11 is 0. The van der Waals surface area contributed by atoms with Crippen molar-refractivity contribution in [3.63, 3.8) is 0 Å². The molecule has 0 spiro atoms. The van der Waals surface area contributed by atoms with Gasteiger partial charge in [0.05, 0.1) is 12.2 Å². The average Bonchev–Trinajstić information content (AvgIpc) is 3.25. The molecule has 2 aliphatic heterocycles. The zero-order chi connectivity index (χ0) is 32.5. The second kappa shape index (κ2) is 12.4. The molecule has 0 unspecified atom stereocenters. The Bertz CT molecular complexity index is 2260. The van der Waals surface area contributed by atoms with Gasteiger partial charge in [-0.1, -0.05) is 158 Å². The molecule has 0 saturated carbocycles. The molecule has 6 aromatic carbocycles. The molecule has 2 aliphatic rings. The number of amidine groups is 1. The Morgan fingerprint density at radius 3 is 1.88 bits per heavy atom. The highest BCUT2D eigenvalue weighted by atomic mass is 31.2. The third kappa shape index (κ3) is 5.19. The lowest BCUT2D eigenvalue weighted by atomic mass is 9.88. The van der Waals surface area contributed by atoms with Crippen molar-refractivity contribution in [3.05, 3.63) is 194 Å². The second-order valence-corrected chi connectivity index (χ2v) is 14.7. The van der Waals surface area contributed by atoms with Gasteiger partial charge in [0.25, 0.3) is 0 Å². The van der Waals surface area contributed by atoms with Crippen molar-refractivity contribution in [3.8, 4) is 33.4 Å². The molecule has 0 atom stereocenters. The molecule has 0 bridgehead atoms. The van der Waals surface area contributed by atoms with Gasteiger partial charge in [0, 0.05) is 32.7 Å². The van der Waals surface area contributed by atoms with Gasteiger partial charge >= 0.3 is 0 Å². The molecule has 0 fully saturated rings. The van der Waals surface area contributed by atoms with Crippen LogP contribution < -0.4 is 20.8 Å². The van der Waals surface area contributed by atoms with Crippen LogP contribution in [-0.4, -0.2) is 12.4 Å². The highest BCUT2D eigenvalue weighted by Gasteiger charge is 2.30. The van der Waals surface area contributed by atoms with E-state index in [2.05, 4.69) is 96.4 Å². The Hall–Kier alpha value is -5.76. The van der Waals surface area contributed by atoms with E-state index >= 15 is 0 Å². The number of aliphatic imine (C=N–C) groups is 1. The fourth-order valence-corrected chi connectivity index (χ4v) is 9.35. The van der Waals surface area contributed by atoms with Crippen LogP contribution in [0.3, 0.4) is 0 Å². The van der Waals surface area contributed by atoms with E-state index in [1.54, 1.807) is 0 Å². The van der Waals surface area contributed by atoms with Crippen LogP contribution in [-0.2, 0) is 4.57 Å². The Kier molecular flexibility index (Phi) is 7.68. The minimum Gasteiger partial charge on any atom is -0.309 e. The fourth-order valence-electron chi connectivity index (χ4n) is 6.70. The predicted molar refractivity (Wildman–Crippen MR) is 203 cm³/mol. The summed E-state index contributed by atoms with van der Waals surface area (Å²) < 4.78 is 14.8. The molecule has 48 heavy (non-hydrogen) atoms. The van der Waals surface area contributed by atoms with E-state index in [1.807, 2.05) is 91.0 Å². The number of nitrogens with zero attached hydrogens (tertiary/aromatic N) is 2. The number of anilines is 1. The summed E-state index contributed by atoms with van der Waals surface area (Å²) in [6.45, 7) is 4.97. The summed E-state index contributed by atoms with van der Waals surface area (Å²) in [4.78, 5) is 7.18. The molecular weight excluding hydrogens is 603 g/mol. The van der Waals surface area contributed by atoms with Crippen LogP contribution in [0.15, 0.2) is 193 Å². The Morgan fingerprint density at radius 2 is 1.15 bits per heavy atom. The van der Waals surface area contributed by atoms with Gasteiger partial charge in [0.1, 0.15) is 5.84 Å². The number of benzene rings is 6. The van der Waals surface area contributed by atoms with Crippen molar-refractivity contribution in [2.45, 2.75) is 0 Å². The quantitative estimate of drug-likeness (QED) is 0.177. The maximum absolute atomic E-state index is 14.8. The first kappa shape index (κ1) is 29.6. The van der Waals surface area contributed by atoms with Gasteiger partial charge in [-0.3, -0.25) is 9.89 Å². The minimum absolute atomic E-state index is 0.597. The summed E-state index contributed by atoms with van der Waals surface area (Å²) in [5.74, 6) is 0.911. The zero-order valence-corrected chi connectivity index (χ0v) is 27.3. The summed E-state index contributed by atoms with van der Waals surface area (Å²) in [6.07, 6.45) is 8.14. The van der Waals surface area contributed by atoms with Crippen molar-refractivity contribution in [1.82, 2.24) is 0 Å². The van der Waals surface area contributed by atoms with E-state index in [0.717, 1.165) is 72.1 Å². The van der Waals surface area contributed by atoms with Crippen LogP contribution in [0.2, 0.25) is 0 Å². The Morgan fingerprint density at radius 1 is 0.542 bits per heavy atom. The van der Waals surface area contributed by atoms with E-state index in [-0.39, 0.29) is 0 Å².